The second kappa shape index (κ2) is 5.29. The summed E-state index contributed by atoms with van der Waals surface area (Å²) in [7, 11) is 0. The SMILES string of the molecule is CC[C@H]1S[C@H](CC)[C@H](O)[C@@H]2OC(C)(C)O[C@H]2[C@H]1O. The summed E-state index contributed by atoms with van der Waals surface area (Å²) in [6.07, 6.45) is -0.298. The Morgan fingerprint density at radius 1 is 0.944 bits per heavy atom. The van der Waals surface area contributed by atoms with Crippen molar-refractivity contribution in [1.29, 1.82) is 0 Å². The molecule has 0 spiro atoms. The van der Waals surface area contributed by atoms with Crippen LogP contribution in [0.25, 0.3) is 0 Å². The molecule has 2 rings (SSSR count). The first kappa shape index (κ1) is 14.6. The van der Waals surface area contributed by atoms with Crippen LogP contribution in [-0.2, 0) is 9.47 Å². The van der Waals surface area contributed by atoms with Crippen LogP contribution in [0.4, 0.5) is 0 Å². The van der Waals surface area contributed by atoms with E-state index in [-0.39, 0.29) is 10.5 Å². The van der Waals surface area contributed by atoms with E-state index in [1.54, 1.807) is 11.8 Å². The van der Waals surface area contributed by atoms with Crippen LogP contribution in [0.3, 0.4) is 0 Å². The fraction of sp³-hybridized carbons (Fsp3) is 1.00. The van der Waals surface area contributed by atoms with Gasteiger partial charge in [-0.1, -0.05) is 13.8 Å². The molecule has 2 fully saturated rings. The molecule has 0 amide bonds. The molecule has 18 heavy (non-hydrogen) atoms. The van der Waals surface area contributed by atoms with Gasteiger partial charge in [0.2, 0.25) is 0 Å². The molecule has 2 N–H and O–H groups in total. The standard InChI is InChI=1S/C13H24O4S/c1-5-7-9(14)11-12(17-13(3,4)16-11)10(15)8(6-2)18-7/h7-12,14-15H,5-6H2,1-4H3/t7-,8-,9+,10+,11+,12+/m1/s1. The second-order valence-corrected chi connectivity index (χ2v) is 7.06. The molecule has 0 unspecified atom stereocenters. The number of thioether (sulfide) groups is 1. The normalized spacial score (nSPS) is 47.7. The van der Waals surface area contributed by atoms with E-state index in [0.717, 1.165) is 12.8 Å². The van der Waals surface area contributed by atoms with Gasteiger partial charge in [0, 0.05) is 10.5 Å². The number of hydrogen-bond acceptors (Lipinski definition) is 5. The molecule has 5 heteroatoms. The Kier molecular flexibility index (Phi) is 4.29. The van der Waals surface area contributed by atoms with Crippen LogP contribution in [0.5, 0.6) is 0 Å². The van der Waals surface area contributed by atoms with Crippen LogP contribution < -0.4 is 0 Å². The molecule has 2 aliphatic heterocycles. The Morgan fingerprint density at radius 3 is 1.67 bits per heavy atom. The van der Waals surface area contributed by atoms with Crippen molar-refractivity contribution in [3.63, 3.8) is 0 Å². The molecule has 0 aromatic rings. The molecular weight excluding hydrogens is 252 g/mol. The average molecular weight is 276 g/mol. The molecule has 4 nitrogen and oxygen atoms in total. The van der Waals surface area contributed by atoms with Crippen molar-refractivity contribution in [2.45, 2.75) is 81.2 Å². The fourth-order valence-corrected chi connectivity index (χ4v) is 4.30. The molecule has 2 saturated heterocycles. The van der Waals surface area contributed by atoms with Crippen LogP contribution >= 0.6 is 11.8 Å². The quantitative estimate of drug-likeness (QED) is 0.801. The highest BCUT2D eigenvalue weighted by Crippen LogP contribution is 2.42. The van der Waals surface area contributed by atoms with E-state index in [9.17, 15) is 10.2 Å². The van der Waals surface area contributed by atoms with Crippen molar-refractivity contribution >= 4 is 11.8 Å². The Morgan fingerprint density at radius 2 is 1.33 bits per heavy atom. The molecular formula is C13H24O4S. The van der Waals surface area contributed by atoms with Gasteiger partial charge in [0.1, 0.15) is 12.2 Å². The summed E-state index contributed by atoms with van der Waals surface area (Å²) in [4.78, 5) is 0. The van der Waals surface area contributed by atoms with Gasteiger partial charge in [0.15, 0.2) is 5.79 Å². The number of aliphatic hydroxyl groups is 2. The largest absolute Gasteiger partial charge is 0.389 e. The Hall–Kier alpha value is 0.190. The summed E-state index contributed by atoms with van der Waals surface area (Å²) in [6, 6.07) is 0. The van der Waals surface area contributed by atoms with E-state index in [1.807, 2.05) is 13.8 Å². The smallest absolute Gasteiger partial charge is 0.164 e. The third kappa shape index (κ3) is 2.56. The molecule has 106 valence electrons. The zero-order valence-corrected chi connectivity index (χ0v) is 12.3. The number of ether oxygens (including phenoxy) is 2. The molecule has 2 aliphatic rings. The highest BCUT2D eigenvalue weighted by Gasteiger charge is 2.53. The number of rotatable bonds is 2. The van der Waals surface area contributed by atoms with Crippen LogP contribution in [0, 0.1) is 0 Å². The molecule has 0 aliphatic carbocycles. The topological polar surface area (TPSA) is 58.9 Å². The molecule has 0 aromatic heterocycles. The van der Waals surface area contributed by atoms with Gasteiger partial charge in [-0.15, -0.1) is 11.8 Å². The maximum Gasteiger partial charge on any atom is 0.164 e. The number of hydrogen-bond donors (Lipinski definition) is 2. The fourth-order valence-electron chi connectivity index (χ4n) is 2.83. The summed E-state index contributed by atoms with van der Waals surface area (Å²) in [5, 5.41) is 21.1. The number of fused-ring (bicyclic) bond motifs is 1. The van der Waals surface area contributed by atoms with Crippen LogP contribution in [0.15, 0.2) is 0 Å². The zero-order valence-electron chi connectivity index (χ0n) is 11.5. The van der Waals surface area contributed by atoms with Gasteiger partial charge < -0.3 is 19.7 Å². The lowest BCUT2D eigenvalue weighted by Gasteiger charge is -2.26. The van der Waals surface area contributed by atoms with Crippen LogP contribution in [0.2, 0.25) is 0 Å². The van der Waals surface area contributed by atoms with Crippen LogP contribution in [0.1, 0.15) is 40.5 Å². The monoisotopic (exact) mass is 276 g/mol. The third-order valence-corrected chi connectivity index (χ3v) is 5.68. The van der Waals surface area contributed by atoms with Gasteiger partial charge in [-0.3, -0.25) is 0 Å². The minimum atomic E-state index is -0.726. The van der Waals surface area contributed by atoms with Gasteiger partial charge in [-0.2, -0.15) is 0 Å². The Balaban J connectivity index is 2.26. The van der Waals surface area contributed by atoms with Crippen molar-refractivity contribution in [2.24, 2.45) is 0 Å². The van der Waals surface area contributed by atoms with Gasteiger partial charge in [-0.05, 0) is 26.7 Å². The summed E-state index contributed by atoms with van der Waals surface area (Å²) in [6.45, 7) is 7.77. The average Bonchev–Trinajstić information content (AvgIpc) is 2.61. The van der Waals surface area contributed by atoms with Crippen molar-refractivity contribution < 1.29 is 19.7 Å². The highest BCUT2D eigenvalue weighted by molar-refractivity contribution is 8.00. The van der Waals surface area contributed by atoms with E-state index in [0.29, 0.717) is 0 Å². The number of aliphatic hydroxyl groups excluding tert-OH is 2. The maximum absolute atomic E-state index is 10.4. The van der Waals surface area contributed by atoms with E-state index in [4.69, 9.17) is 9.47 Å². The molecule has 0 radical (unpaired) electrons. The lowest BCUT2D eigenvalue weighted by Crippen LogP contribution is -2.45. The van der Waals surface area contributed by atoms with Crippen molar-refractivity contribution in [3.8, 4) is 0 Å². The van der Waals surface area contributed by atoms with Crippen molar-refractivity contribution in [2.75, 3.05) is 0 Å². The molecule has 6 atom stereocenters. The molecule has 0 aromatic carbocycles. The maximum atomic E-state index is 10.4. The van der Waals surface area contributed by atoms with Crippen LogP contribution in [-0.4, -0.2) is 50.9 Å². The third-order valence-electron chi connectivity index (χ3n) is 3.75. The highest BCUT2D eigenvalue weighted by atomic mass is 32.2. The summed E-state index contributed by atoms with van der Waals surface area (Å²) < 4.78 is 11.6. The van der Waals surface area contributed by atoms with E-state index in [2.05, 4.69) is 13.8 Å². The minimum Gasteiger partial charge on any atom is -0.389 e. The van der Waals surface area contributed by atoms with Crippen molar-refractivity contribution in [1.82, 2.24) is 0 Å². The van der Waals surface area contributed by atoms with Gasteiger partial charge >= 0.3 is 0 Å². The predicted molar refractivity (Wildman–Crippen MR) is 71.6 cm³/mol. The first-order valence-electron chi connectivity index (χ1n) is 6.76. The Labute approximate surface area is 113 Å². The summed E-state index contributed by atoms with van der Waals surface area (Å²) in [5.74, 6) is -0.726. The van der Waals surface area contributed by atoms with E-state index < -0.39 is 30.2 Å². The van der Waals surface area contributed by atoms with Gasteiger partial charge in [-0.25, -0.2) is 0 Å². The predicted octanol–water partition coefficient (Wildman–Crippen LogP) is 1.53. The lowest BCUT2D eigenvalue weighted by molar-refractivity contribution is -0.161. The first-order chi connectivity index (χ1) is 8.39. The van der Waals surface area contributed by atoms with E-state index in [1.165, 1.54) is 0 Å². The first-order valence-corrected chi connectivity index (χ1v) is 7.71. The van der Waals surface area contributed by atoms with E-state index >= 15 is 0 Å². The van der Waals surface area contributed by atoms with Crippen molar-refractivity contribution in [3.05, 3.63) is 0 Å². The Bertz CT molecular complexity index is 271. The molecule has 2 heterocycles. The summed E-state index contributed by atoms with van der Waals surface area (Å²) in [5.41, 5.74) is 0. The van der Waals surface area contributed by atoms with Gasteiger partial charge in [0.25, 0.3) is 0 Å². The molecule has 0 bridgehead atoms. The molecule has 0 saturated carbocycles. The minimum absolute atomic E-state index is 0.0945. The second-order valence-electron chi connectivity index (χ2n) is 5.58. The lowest BCUT2D eigenvalue weighted by atomic mass is 9.98. The summed E-state index contributed by atoms with van der Waals surface area (Å²) >= 11 is 1.67. The zero-order chi connectivity index (χ0) is 13.5. The van der Waals surface area contributed by atoms with Gasteiger partial charge in [0.05, 0.1) is 12.2 Å².